The third-order valence-electron chi connectivity index (χ3n) is 4.34. The van der Waals surface area contributed by atoms with E-state index in [0.717, 1.165) is 12.4 Å². The number of nitrogens with two attached hydrogens (primary N) is 1. The number of anilines is 2. The molecule has 1 aliphatic rings. The Morgan fingerprint density at radius 1 is 1.28 bits per heavy atom. The lowest BCUT2D eigenvalue weighted by Gasteiger charge is -2.48. The van der Waals surface area contributed by atoms with Crippen LogP contribution in [-0.4, -0.2) is 45.9 Å². The summed E-state index contributed by atoms with van der Waals surface area (Å²) < 4.78 is 13.0. The van der Waals surface area contributed by atoms with Crippen LogP contribution < -0.4 is 10.6 Å². The van der Waals surface area contributed by atoms with E-state index in [1.165, 1.54) is 0 Å². The predicted molar refractivity (Wildman–Crippen MR) is 97.7 cm³/mol. The van der Waals surface area contributed by atoms with Crippen molar-refractivity contribution in [2.45, 2.75) is 19.4 Å². The van der Waals surface area contributed by atoms with E-state index in [2.05, 4.69) is 9.97 Å². The maximum absolute atomic E-state index is 13.0. The molecular weight excluding hydrogens is 343 g/mol. The summed E-state index contributed by atoms with van der Waals surface area (Å²) in [4.78, 5) is 12.1. The van der Waals surface area contributed by atoms with Gasteiger partial charge in [0, 0.05) is 25.3 Å². The summed E-state index contributed by atoms with van der Waals surface area (Å²) >= 11 is 6.26. The van der Waals surface area contributed by atoms with E-state index in [9.17, 15) is 4.39 Å². The number of nitrogens with zero attached hydrogens (tertiary/aromatic N) is 4. The van der Waals surface area contributed by atoms with E-state index in [1.54, 1.807) is 18.2 Å². The number of nitrogen functional groups attached to an aromatic ring is 1. The summed E-state index contributed by atoms with van der Waals surface area (Å²) in [5.74, 6) is 0.323. The number of piperazine rings is 1. The first-order chi connectivity index (χ1) is 11.8. The van der Waals surface area contributed by atoms with E-state index >= 15 is 0 Å². The average molecular weight is 363 g/mol. The molecule has 132 valence electrons. The molecule has 0 saturated carbocycles. The van der Waals surface area contributed by atoms with Crippen LogP contribution in [0.25, 0.3) is 0 Å². The van der Waals surface area contributed by atoms with Gasteiger partial charge < -0.3 is 15.5 Å². The standard InChI is InChI=1S/C17H20ClFN6/c1-17(2)10-24(16-22-8-11(19)9-23-16)6-7-25(17)15(21)14-12(18)4-3-5-13(14)20/h3-5,8-9,21H,6-7,10,20H2,1-2H3. The zero-order chi connectivity index (χ0) is 18.2. The van der Waals surface area contributed by atoms with Gasteiger partial charge in [0.1, 0.15) is 5.84 Å². The second-order valence-corrected chi connectivity index (χ2v) is 7.05. The number of benzene rings is 1. The highest BCUT2D eigenvalue weighted by Gasteiger charge is 2.37. The Bertz CT molecular complexity index is 772. The monoisotopic (exact) mass is 362 g/mol. The van der Waals surface area contributed by atoms with E-state index < -0.39 is 5.82 Å². The molecule has 3 rings (SSSR count). The van der Waals surface area contributed by atoms with E-state index in [-0.39, 0.29) is 5.54 Å². The Hall–Kier alpha value is -2.41. The minimum Gasteiger partial charge on any atom is -0.398 e. The van der Waals surface area contributed by atoms with Gasteiger partial charge in [-0.2, -0.15) is 0 Å². The zero-order valence-electron chi connectivity index (χ0n) is 14.1. The largest absolute Gasteiger partial charge is 0.398 e. The van der Waals surface area contributed by atoms with Crippen LogP contribution in [0.4, 0.5) is 16.0 Å². The molecule has 0 spiro atoms. The van der Waals surface area contributed by atoms with Crippen molar-refractivity contribution in [3.05, 3.63) is 47.0 Å². The fourth-order valence-electron chi connectivity index (χ4n) is 3.13. The molecule has 1 aromatic heterocycles. The second kappa shape index (κ2) is 6.48. The summed E-state index contributed by atoms with van der Waals surface area (Å²) in [7, 11) is 0. The third-order valence-corrected chi connectivity index (χ3v) is 4.66. The lowest BCUT2D eigenvalue weighted by Crippen LogP contribution is -2.61. The van der Waals surface area contributed by atoms with Crippen molar-refractivity contribution in [3.63, 3.8) is 0 Å². The van der Waals surface area contributed by atoms with E-state index in [1.807, 2.05) is 23.6 Å². The number of hydrogen-bond acceptors (Lipinski definition) is 5. The van der Waals surface area contributed by atoms with Crippen molar-refractivity contribution >= 4 is 29.1 Å². The first-order valence-corrected chi connectivity index (χ1v) is 8.30. The first kappa shape index (κ1) is 17.4. The summed E-state index contributed by atoms with van der Waals surface area (Å²) in [5, 5.41) is 9.09. The summed E-state index contributed by atoms with van der Waals surface area (Å²) in [6, 6.07) is 5.24. The Morgan fingerprint density at radius 3 is 2.56 bits per heavy atom. The van der Waals surface area contributed by atoms with Crippen LogP contribution in [0, 0.1) is 11.2 Å². The van der Waals surface area contributed by atoms with Crippen molar-refractivity contribution in [3.8, 4) is 0 Å². The smallest absolute Gasteiger partial charge is 0.225 e. The topological polar surface area (TPSA) is 82.1 Å². The molecule has 1 saturated heterocycles. The molecule has 1 fully saturated rings. The quantitative estimate of drug-likeness (QED) is 0.487. The maximum atomic E-state index is 13.0. The van der Waals surface area contributed by atoms with Crippen LogP contribution in [0.1, 0.15) is 19.4 Å². The minimum absolute atomic E-state index is 0.299. The van der Waals surface area contributed by atoms with Crippen LogP contribution in [0.3, 0.4) is 0 Å². The van der Waals surface area contributed by atoms with Crippen LogP contribution >= 0.6 is 11.6 Å². The lowest BCUT2D eigenvalue weighted by molar-refractivity contribution is 0.190. The molecular formula is C17H20ClFN6. The fourth-order valence-corrected chi connectivity index (χ4v) is 3.41. The fraction of sp³-hybridized carbons (Fsp3) is 0.353. The number of rotatable bonds is 2. The molecule has 25 heavy (non-hydrogen) atoms. The van der Waals surface area contributed by atoms with Gasteiger partial charge >= 0.3 is 0 Å². The van der Waals surface area contributed by atoms with Crippen LogP contribution in [0.2, 0.25) is 5.02 Å². The molecule has 1 aliphatic heterocycles. The molecule has 8 heteroatoms. The second-order valence-electron chi connectivity index (χ2n) is 6.64. The number of amidine groups is 1. The molecule has 1 aromatic carbocycles. The van der Waals surface area contributed by atoms with Crippen molar-refractivity contribution in [1.82, 2.24) is 14.9 Å². The molecule has 2 heterocycles. The zero-order valence-corrected chi connectivity index (χ0v) is 14.9. The molecule has 6 nitrogen and oxygen atoms in total. The highest BCUT2D eigenvalue weighted by Crippen LogP contribution is 2.29. The van der Waals surface area contributed by atoms with Crippen LogP contribution in [-0.2, 0) is 0 Å². The van der Waals surface area contributed by atoms with Gasteiger partial charge in [0.2, 0.25) is 5.95 Å². The minimum atomic E-state index is -0.461. The number of halogens is 2. The molecule has 2 aromatic rings. The summed E-state index contributed by atoms with van der Waals surface area (Å²) in [5.41, 5.74) is 6.68. The van der Waals surface area contributed by atoms with Gasteiger partial charge in [-0.25, -0.2) is 14.4 Å². The van der Waals surface area contributed by atoms with Crippen LogP contribution in [0.5, 0.6) is 0 Å². The summed E-state index contributed by atoms with van der Waals surface area (Å²) in [6.45, 7) is 5.85. The van der Waals surface area contributed by atoms with E-state index in [0.29, 0.717) is 47.7 Å². The Balaban J connectivity index is 1.83. The molecule has 0 amide bonds. The normalized spacial score (nSPS) is 16.8. The SMILES string of the molecule is CC1(C)CN(c2ncc(F)cn2)CCN1C(=N)c1c(N)cccc1Cl. The highest BCUT2D eigenvalue weighted by atomic mass is 35.5. The highest BCUT2D eigenvalue weighted by molar-refractivity contribution is 6.34. The molecule has 0 unspecified atom stereocenters. The predicted octanol–water partition coefficient (Wildman–Crippen LogP) is 2.78. The third kappa shape index (κ3) is 3.37. The summed E-state index contributed by atoms with van der Waals surface area (Å²) in [6.07, 6.45) is 2.32. The molecule has 0 radical (unpaired) electrons. The molecule has 0 bridgehead atoms. The molecule has 0 atom stereocenters. The Kier molecular flexibility index (Phi) is 4.51. The Labute approximate surface area is 150 Å². The van der Waals surface area contributed by atoms with E-state index in [4.69, 9.17) is 22.7 Å². The van der Waals surface area contributed by atoms with Gasteiger partial charge in [-0.1, -0.05) is 17.7 Å². The van der Waals surface area contributed by atoms with Gasteiger partial charge in [0.05, 0.1) is 28.5 Å². The van der Waals surface area contributed by atoms with Crippen molar-refractivity contribution < 1.29 is 4.39 Å². The molecule has 0 aliphatic carbocycles. The van der Waals surface area contributed by atoms with Crippen LogP contribution in [0.15, 0.2) is 30.6 Å². The van der Waals surface area contributed by atoms with Gasteiger partial charge in [-0.3, -0.25) is 5.41 Å². The van der Waals surface area contributed by atoms with Gasteiger partial charge in [0.25, 0.3) is 0 Å². The average Bonchev–Trinajstić information content (AvgIpc) is 2.54. The lowest BCUT2D eigenvalue weighted by atomic mass is 9.97. The van der Waals surface area contributed by atoms with Crippen molar-refractivity contribution in [2.75, 3.05) is 30.3 Å². The maximum Gasteiger partial charge on any atom is 0.225 e. The van der Waals surface area contributed by atoms with Gasteiger partial charge in [0.15, 0.2) is 5.82 Å². The van der Waals surface area contributed by atoms with Crippen molar-refractivity contribution in [1.29, 1.82) is 5.41 Å². The van der Waals surface area contributed by atoms with Gasteiger partial charge in [-0.15, -0.1) is 0 Å². The first-order valence-electron chi connectivity index (χ1n) is 7.92. The van der Waals surface area contributed by atoms with Crippen molar-refractivity contribution in [2.24, 2.45) is 0 Å². The number of aromatic nitrogens is 2. The number of nitrogens with one attached hydrogen (secondary N) is 1. The Morgan fingerprint density at radius 2 is 1.96 bits per heavy atom. The van der Waals surface area contributed by atoms with Gasteiger partial charge in [-0.05, 0) is 26.0 Å². The molecule has 3 N–H and O–H groups in total. The number of hydrogen-bond donors (Lipinski definition) is 2.